The molecular formula is C25H21ClN4O2S. The number of carbonyl (C=O) groups is 1. The van der Waals surface area contributed by atoms with Crippen LogP contribution < -0.4 is 9.64 Å². The normalized spacial score (nSPS) is 15.1. The Balaban J connectivity index is 1.39. The minimum absolute atomic E-state index is 0.0133. The van der Waals surface area contributed by atoms with Crippen molar-refractivity contribution in [2.24, 2.45) is 7.05 Å². The van der Waals surface area contributed by atoms with Crippen LogP contribution in [0.5, 0.6) is 5.75 Å². The van der Waals surface area contributed by atoms with Crippen LogP contribution in [-0.4, -0.2) is 33.0 Å². The molecule has 1 aliphatic heterocycles. The Morgan fingerprint density at radius 1 is 1.03 bits per heavy atom. The standard InChI is InChI=1S/C25H21ClN4O2S/c1-29-24(18-11-13-19(26)14-12-18)27-28-25(29)33-16-23(31)30-20-9-5-6-10-22(20)32-15-21(30)17-7-3-2-4-8-17/h2-14,21H,15-16H2,1H3. The number of halogens is 1. The molecule has 6 nitrogen and oxygen atoms in total. The molecule has 166 valence electrons. The van der Waals surface area contributed by atoms with Crippen molar-refractivity contribution in [3.05, 3.63) is 89.4 Å². The van der Waals surface area contributed by atoms with Gasteiger partial charge in [0.05, 0.1) is 17.5 Å². The van der Waals surface area contributed by atoms with Crippen molar-refractivity contribution in [2.45, 2.75) is 11.2 Å². The van der Waals surface area contributed by atoms with Crippen LogP contribution >= 0.6 is 23.4 Å². The molecule has 5 rings (SSSR count). The number of benzene rings is 3. The van der Waals surface area contributed by atoms with Gasteiger partial charge in [-0.15, -0.1) is 10.2 Å². The van der Waals surface area contributed by atoms with Gasteiger partial charge in [-0.2, -0.15) is 0 Å². The summed E-state index contributed by atoms with van der Waals surface area (Å²) in [5.74, 6) is 1.65. The van der Waals surface area contributed by atoms with Gasteiger partial charge in [-0.25, -0.2) is 0 Å². The van der Waals surface area contributed by atoms with Gasteiger partial charge in [0.1, 0.15) is 12.4 Å². The molecule has 4 aromatic rings. The largest absolute Gasteiger partial charge is 0.489 e. The van der Waals surface area contributed by atoms with E-state index in [-0.39, 0.29) is 17.7 Å². The summed E-state index contributed by atoms with van der Waals surface area (Å²) in [6.45, 7) is 0.405. The van der Waals surface area contributed by atoms with E-state index in [0.717, 1.165) is 22.6 Å². The second kappa shape index (κ2) is 9.29. The number of aromatic nitrogens is 3. The van der Waals surface area contributed by atoms with Crippen molar-refractivity contribution >= 4 is 35.0 Å². The molecule has 1 atom stereocenters. The van der Waals surface area contributed by atoms with Gasteiger partial charge in [0.25, 0.3) is 0 Å². The quantitative estimate of drug-likeness (QED) is 0.361. The smallest absolute Gasteiger partial charge is 0.238 e. The highest BCUT2D eigenvalue weighted by molar-refractivity contribution is 7.99. The van der Waals surface area contributed by atoms with Crippen LogP contribution in [0, 0.1) is 0 Å². The van der Waals surface area contributed by atoms with Crippen molar-refractivity contribution in [1.29, 1.82) is 0 Å². The van der Waals surface area contributed by atoms with E-state index in [1.807, 2.05) is 95.4 Å². The average molecular weight is 477 g/mol. The lowest BCUT2D eigenvalue weighted by Gasteiger charge is -2.37. The van der Waals surface area contributed by atoms with Crippen LogP contribution in [0.25, 0.3) is 11.4 Å². The van der Waals surface area contributed by atoms with Crippen molar-refractivity contribution in [1.82, 2.24) is 14.8 Å². The van der Waals surface area contributed by atoms with Gasteiger partial charge in [0.15, 0.2) is 11.0 Å². The average Bonchev–Trinajstić information content (AvgIpc) is 3.23. The van der Waals surface area contributed by atoms with Crippen molar-refractivity contribution in [3.63, 3.8) is 0 Å². The molecule has 0 spiro atoms. The topological polar surface area (TPSA) is 60.2 Å². The predicted molar refractivity (Wildman–Crippen MR) is 131 cm³/mol. The van der Waals surface area contributed by atoms with Crippen molar-refractivity contribution in [2.75, 3.05) is 17.3 Å². The Hall–Kier alpha value is -3.29. The van der Waals surface area contributed by atoms with Gasteiger partial charge >= 0.3 is 0 Å². The Kier molecular flexibility index (Phi) is 6.07. The molecule has 1 amide bonds. The number of anilines is 1. The van der Waals surface area contributed by atoms with E-state index >= 15 is 0 Å². The first kappa shape index (κ1) is 21.6. The number of nitrogens with zero attached hydrogens (tertiary/aromatic N) is 4. The van der Waals surface area contributed by atoms with E-state index in [9.17, 15) is 4.79 Å². The third-order valence-corrected chi connectivity index (χ3v) is 6.81. The van der Waals surface area contributed by atoms with Gasteiger partial charge < -0.3 is 9.30 Å². The number of hydrogen-bond donors (Lipinski definition) is 0. The lowest BCUT2D eigenvalue weighted by Crippen LogP contribution is -2.42. The second-order valence-corrected chi connectivity index (χ2v) is 9.01. The fraction of sp³-hybridized carbons (Fsp3) is 0.160. The van der Waals surface area contributed by atoms with Crippen LogP contribution in [0.3, 0.4) is 0 Å². The lowest BCUT2D eigenvalue weighted by atomic mass is 10.0. The molecule has 1 aliphatic rings. The highest BCUT2D eigenvalue weighted by Gasteiger charge is 2.33. The number of carbonyl (C=O) groups excluding carboxylic acids is 1. The summed E-state index contributed by atoms with van der Waals surface area (Å²) in [5.41, 5.74) is 2.73. The van der Waals surface area contributed by atoms with E-state index in [0.29, 0.717) is 22.5 Å². The molecule has 0 bridgehead atoms. The summed E-state index contributed by atoms with van der Waals surface area (Å²) in [6, 6.07) is 24.9. The summed E-state index contributed by atoms with van der Waals surface area (Å²) in [7, 11) is 1.90. The first-order chi connectivity index (χ1) is 16.1. The predicted octanol–water partition coefficient (Wildman–Crippen LogP) is 5.39. The maximum atomic E-state index is 13.5. The molecule has 8 heteroatoms. The number of amides is 1. The Bertz CT molecular complexity index is 1280. The zero-order chi connectivity index (χ0) is 22.8. The highest BCUT2D eigenvalue weighted by Crippen LogP contribution is 2.39. The fourth-order valence-electron chi connectivity index (χ4n) is 3.90. The summed E-state index contributed by atoms with van der Waals surface area (Å²) >= 11 is 7.37. The molecule has 3 aromatic carbocycles. The molecule has 33 heavy (non-hydrogen) atoms. The Labute approximate surface area is 201 Å². The van der Waals surface area contributed by atoms with Gasteiger partial charge in [0.2, 0.25) is 5.91 Å². The van der Waals surface area contributed by atoms with Crippen molar-refractivity contribution < 1.29 is 9.53 Å². The minimum atomic E-state index is -0.196. The van der Waals surface area contributed by atoms with E-state index in [4.69, 9.17) is 16.3 Å². The van der Waals surface area contributed by atoms with Crippen LogP contribution in [-0.2, 0) is 11.8 Å². The first-order valence-corrected chi connectivity index (χ1v) is 11.8. The fourth-order valence-corrected chi connectivity index (χ4v) is 4.80. The summed E-state index contributed by atoms with van der Waals surface area (Å²) in [4.78, 5) is 15.4. The first-order valence-electron chi connectivity index (χ1n) is 10.5. The SMILES string of the molecule is Cn1c(SCC(=O)N2c3ccccc3OCC2c2ccccc2)nnc1-c1ccc(Cl)cc1. The maximum Gasteiger partial charge on any atom is 0.238 e. The number of fused-ring (bicyclic) bond motifs is 1. The molecule has 0 radical (unpaired) electrons. The van der Waals surface area contributed by atoms with Gasteiger partial charge in [0, 0.05) is 17.6 Å². The summed E-state index contributed by atoms with van der Waals surface area (Å²) in [5, 5.41) is 9.95. The Morgan fingerprint density at radius 3 is 2.55 bits per heavy atom. The molecule has 1 aromatic heterocycles. The van der Waals surface area contributed by atoms with Crippen LogP contribution in [0.1, 0.15) is 11.6 Å². The molecule has 1 unspecified atom stereocenters. The number of para-hydroxylation sites is 2. The number of hydrogen-bond acceptors (Lipinski definition) is 5. The molecule has 0 N–H and O–H groups in total. The number of ether oxygens (including phenoxy) is 1. The van der Waals surface area contributed by atoms with Crippen LogP contribution in [0.4, 0.5) is 5.69 Å². The van der Waals surface area contributed by atoms with Gasteiger partial charge in [-0.1, -0.05) is 65.8 Å². The lowest BCUT2D eigenvalue weighted by molar-refractivity contribution is -0.117. The monoisotopic (exact) mass is 476 g/mol. The minimum Gasteiger partial charge on any atom is -0.489 e. The zero-order valence-corrected chi connectivity index (χ0v) is 19.5. The van der Waals surface area contributed by atoms with Crippen LogP contribution in [0.15, 0.2) is 84.0 Å². The summed E-state index contributed by atoms with van der Waals surface area (Å²) in [6.07, 6.45) is 0. The van der Waals surface area contributed by atoms with E-state index in [1.165, 1.54) is 11.8 Å². The molecule has 0 aliphatic carbocycles. The number of rotatable bonds is 5. The number of thioether (sulfide) groups is 1. The second-order valence-electron chi connectivity index (χ2n) is 7.63. The molecule has 0 saturated heterocycles. The molecular weight excluding hydrogens is 456 g/mol. The maximum absolute atomic E-state index is 13.5. The third-order valence-electron chi connectivity index (χ3n) is 5.55. The van der Waals surface area contributed by atoms with Crippen molar-refractivity contribution in [3.8, 4) is 17.1 Å². The molecule has 2 heterocycles. The van der Waals surface area contributed by atoms with Crippen LogP contribution in [0.2, 0.25) is 5.02 Å². The molecule has 0 saturated carbocycles. The van der Waals surface area contributed by atoms with E-state index in [1.54, 1.807) is 0 Å². The zero-order valence-electron chi connectivity index (χ0n) is 17.9. The van der Waals surface area contributed by atoms with E-state index < -0.39 is 0 Å². The summed E-state index contributed by atoms with van der Waals surface area (Å²) < 4.78 is 7.87. The van der Waals surface area contributed by atoms with Gasteiger partial charge in [-0.05, 0) is 42.0 Å². The van der Waals surface area contributed by atoms with Gasteiger partial charge in [-0.3, -0.25) is 9.69 Å². The Morgan fingerprint density at radius 2 is 1.76 bits per heavy atom. The third kappa shape index (κ3) is 4.34. The van der Waals surface area contributed by atoms with E-state index in [2.05, 4.69) is 10.2 Å². The molecule has 0 fully saturated rings. The highest BCUT2D eigenvalue weighted by atomic mass is 35.5.